The van der Waals surface area contributed by atoms with Crippen LogP contribution < -0.4 is 20.1 Å². The fourth-order valence-electron chi connectivity index (χ4n) is 3.09. The van der Waals surface area contributed by atoms with Crippen LogP contribution in [-0.2, 0) is 17.8 Å². The molecule has 1 aliphatic heterocycles. The monoisotopic (exact) mass is 524 g/mol. The number of fused-ring (bicyclic) bond motifs is 1. The van der Waals surface area contributed by atoms with E-state index in [1.807, 2.05) is 60.4 Å². The van der Waals surface area contributed by atoms with E-state index in [2.05, 4.69) is 15.6 Å². The van der Waals surface area contributed by atoms with Crippen LogP contribution in [0.1, 0.15) is 18.1 Å². The maximum atomic E-state index is 12.6. The number of carbonyl (C=O) groups is 1. The number of amides is 1. The second-order valence-electron chi connectivity index (χ2n) is 6.68. The topological polar surface area (TPSA) is 75.2 Å². The van der Waals surface area contributed by atoms with Crippen LogP contribution >= 0.6 is 24.0 Å². The summed E-state index contributed by atoms with van der Waals surface area (Å²) in [4.78, 5) is 18.6. The first-order chi connectivity index (χ1) is 14.2. The zero-order valence-electron chi connectivity index (χ0n) is 17.4. The maximum Gasteiger partial charge on any atom is 0.242 e. The molecule has 7 nitrogen and oxygen atoms in total. The predicted molar refractivity (Wildman–Crippen MR) is 129 cm³/mol. The molecular formula is C22H29IN4O3. The number of halogens is 1. The summed E-state index contributed by atoms with van der Waals surface area (Å²) in [6.45, 7) is 4.42. The molecular weight excluding hydrogens is 495 g/mol. The van der Waals surface area contributed by atoms with E-state index in [1.54, 1.807) is 7.05 Å². The summed E-state index contributed by atoms with van der Waals surface area (Å²) >= 11 is 0. The Labute approximate surface area is 194 Å². The van der Waals surface area contributed by atoms with Crippen molar-refractivity contribution in [1.29, 1.82) is 0 Å². The fourth-order valence-corrected chi connectivity index (χ4v) is 3.09. The lowest BCUT2D eigenvalue weighted by Gasteiger charge is -2.22. The van der Waals surface area contributed by atoms with Gasteiger partial charge in [0.2, 0.25) is 12.7 Å². The normalized spacial score (nSPS) is 12.1. The quantitative estimate of drug-likeness (QED) is 0.316. The van der Waals surface area contributed by atoms with E-state index in [0.29, 0.717) is 25.6 Å². The van der Waals surface area contributed by atoms with Crippen LogP contribution in [0.3, 0.4) is 0 Å². The van der Waals surface area contributed by atoms with Gasteiger partial charge in [0.1, 0.15) is 0 Å². The van der Waals surface area contributed by atoms with Crippen LogP contribution in [-0.4, -0.2) is 50.2 Å². The number of nitrogens with zero attached hydrogens (tertiary/aromatic N) is 2. The molecule has 0 bridgehead atoms. The second kappa shape index (κ2) is 12.3. The Hall–Kier alpha value is -2.49. The van der Waals surface area contributed by atoms with Gasteiger partial charge in [0, 0.05) is 26.7 Å². The highest BCUT2D eigenvalue weighted by Gasteiger charge is 2.14. The lowest BCUT2D eigenvalue weighted by Crippen LogP contribution is -2.44. The number of nitrogens with one attached hydrogen (secondary N) is 2. The molecule has 8 heteroatoms. The van der Waals surface area contributed by atoms with Crippen molar-refractivity contribution < 1.29 is 14.3 Å². The number of guanidine groups is 1. The first-order valence-electron chi connectivity index (χ1n) is 9.84. The molecule has 2 aromatic rings. The first kappa shape index (κ1) is 23.8. The Morgan fingerprint density at radius 1 is 1.07 bits per heavy atom. The lowest BCUT2D eigenvalue weighted by molar-refractivity contribution is -0.130. The smallest absolute Gasteiger partial charge is 0.242 e. The van der Waals surface area contributed by atoms with E-state index in [-0.39, 0.29) is 43.2 Å². The average molecular weight is 524 g/mol. The molecule has 1 aliphatic rings. The molecule has 0 atom stereocenters. The van der Waals surface area contributed by atoms with Crippen molar-refractivity contribution >= 4 is 35.8 Å². The molecule has 1 heterocycles. The molecule has 0 fully saturated rings. The zero-order chi connectivity index (χ0) is 20.5. The Kier molecular flexibility index (Phi) is 9.72. The van der Waals surface area contributed by atoms with E-state index < -0.39 is 0 Å². The van der Waals surface area contributed by atoms with Crippen LogP contribution in [0.25, 0.3) is 0 Å². The van der Waals surface area contributed by atoms with Gasteiger partial charge in [0.15, 0.2) is 17.5 Å². The molecule has 0 unspecified atom stereocenters. The first-order valence-corrected chi connectivity index (χ1v) is 9.84. The van der Waals surface area contributed by atoms with Gasteiger partial charge in [-0.25, -0.2) is 0 Å². The van der Waals surface area contributed by atoms with Crippen LogP contribution in [0.15, 0.2) is 53.5 Å². The SMILES string of the molecule is CCN(Cc1ccccc1)C(=O)CNC(=NC)NCCc1ccc2c(c1)OCO2.I. The number of aliphatic imine (C=N–C) groups is 1. The van der Waals surface area contributed by atoms with Gasteiger partial charge >= 0.3 is 0 Å². The minimum atomic E-state index is 0. The van der Waals surface area contributed by atoms with Gasteiger partial charge in [0.25, 0.3) is 0 Å². The highest BCUT2D eigenvalue weighted by atomic mass is 127. The third-order valence-corrected chi connectivity index (χ3v) is 4.72. The number of ether oxygens (including phenoxy) is 2. The summed E-state index contributed by atoms with van der Waals surface area (Å²) in [5.74, 6) is 2.22. The van der Waals surface area contributed by atoms with Crippen molar-refractivity contribution in [2.75, 3.05) is 33.5 Å². The van der Waals surface area contributed by atoms with E-state index in [1.165, 1.54) is 0 Å². The molecule has 1 amide bonds. The molecule has 0 saturated heterocycles. The molecule has 0 spiro atoms. The number of likely N-dealkylation sites (N-methyl/N-ethyl adjacent to an activating group) is 1. The summed E-state index contributed by atoms with van der Waals surface area (Å²) in [6.07, 6.45) is 0.806. The summed E-state index contributed by atoms with van der Waals surface area (Å²) in [7, 11) is 1.70. The van der Waals surface area contributed by atoms with E-state index >= 15 is 0 Å². The van der Waals surface area contributed by atoms with Gasteiger partial charge in [-0.2, -0.15) is 0 Å². The number of rotatable bonds is 8. The standard InChI is InChI=1S/C22H28N4O3.HI/c1-3-26(15-18-7-5-4-6-8-18)21(27)14-25-22(23-2)24-12-11-17-9-10-19-20(13-17)29-16-28-19;/h4-10,13H,3,11-12,14-16H2,1-2H3,(H2,23,24,25);1H. The molecule has 0 aromatic heterocycles. The average Bonchev–Trinajstić information content (AvgIpc) is 3.22. The molecule has 0 aliphatic carbocycles. The van der Waals surface area contributed by atoms with Crippen molar-refractivity contribution in [3.8, 4) is 11.5 Å². The highest BCUT2D eigenvalue weighted by Crippen LogP contribution is 2.32. The van der Waals surface area contributed by atoms with Crippen LogP contribution in [0.2, 0.25) is 0 Å². The summed E-state index contributed by atoms with van der Waals surface area (Å²) in [5.41, 5.74) is 2.27. The molecule has 2 aromatic carbocycles. The Bertz CT molecular complexity index is 846. The van der Waals surface area contributed by atoms with Gasteiger partial charge in [0.05, 0.1) is 6.54 Å². The van der Waals surface area contributed by atoms with Crippen molar-refractivity contribution in [3.05, 3.63) is 59.7 Å². The van der Waals surface area contributed by atoms with Gasteiger partial charge in [-0.1, -0.05) is 36.4 Å². The summed E-state index contributed by atoms with van der Waals surface area (Å²) in [5, 5.41) is 6.34. The Balaban J connectivity index is 0.00000320. The van der Waals surface area contributed by atoms with Crippen molar-refractivity contribution in [2.45, 2.75) is 19.9 Å². The number of hydrogen-bond donors (Lipinski definition) is 2. The molecule has 0 radical (unpaired) electrons. The van der Waals surface area contributed by atoms with E-state index in [0.717, 1.165) is 29.0 Å². The van der Waals surface area contributed by atoms with Crippen LogP contribution in [0.5, 0.6) is 11.5 Å². The zero-order valence-corrected chi connectivity index (χ0v) is 19.7. The Morgan fingerprint density at radius 3 is 2.57 bits per heavy atom. The second-order valence-corrected chi connectivity index (χ2v) is 6.68. The minimum Gasteiger partial charge on any atom is -0.454 e. The van der Waals surface area contributed by atoms with E-state index in [9.17, 15) is 4.79 Å². The molecule has 2 N–H and O–H groups in total. The Morgan fingerprint density at radius 2 is 1.83 bits per heavy atom. The molecule has 3 rings (SSSR count). The van der Waals surface area contributed by atoms with Crippen molar-refractivity contribution in [3.63, 3.8) is 0 Å². The summed E-state index contributed by atoms with van der Waals surface area (Å²) < 4.78 is 10.7. The minimum absolute atomic E-state index is 0. The lowest BCUT2D eigenvalue weighted by atomic mass is 10.1. The van der Waals surface area contributed by atoms with Gasteiger partial charge in [-0.05, 0) is 36.6 Å². The van der Waals surface area contributed by atoms with Crippen molar-refractivity contribution in [1.82, 2.24) is 15.5 Å². The number of carbonyl (C=O) groups excluding carboxylic acids is 1. The van der Waals surface area contributed by atoms with Gasteiger partial charge < -0.3 is 25.0 Å². The van der Waals surface area contributed by atoms with Gasteiger partial charge in [-0.15, -0.1) is 24.0 Å². The molecule has 162 valence electrons. The third-order valence-electron chi connectivity index (χ3n) is 4.72. The highest BCUT2D eigenvalue weighted by molar-refractivity contribution is 14.0. The van der Waals surface area contributed by atoms with E-state index in [4.69, 9.17) is 9.47 Å². The number of benzene rings is 2. The van der Waals surface area contributed by atoms with Crippen molar-refractivity contribution in [2.24, 2.45) is 4.99 Å². The fraction of sp³-hybridized carbons (Fsp3) is 0.364. The largest absolute Gasteiger partial charge is 0.454 e. The summed E-state index contributed by atoms with van der Waals surface area (Å²) in [6, 6.07) is 15.9. The predicted octanol–water partition coefficient (Wildman–Crippen LogP) is 2.79. The molecule has 30 heavy (non-hydrogen) atoms. The van der Waals surface area contributed by atoms with Crippen LogP contribution in [0.4, 0.5) is 0 Å². The molecule has 0 saturated carbocycles. The van der Waals surface area contributed by atoms with Crippen LogP contribution in [0, 0.1) is 0 Å². The third kappa shape index (κ3) is 6.79. The maximum absolute atomic E-state index is 12.6. The number of hydrogen-bond acceptors (Lipinski definition) is 4. The van der Waals surface area contributed by atoms with Gasteiger partial charge in [-0.3, -0.25) is 9.79 Å².